The summed E-state index contributed by atoms with van der Waals surface area (Å²) in [6.45, 7) is 3.71. The molecule has 12 heteroatoms. The lowest BCUT2D eigenvalue weighted by Crippen LogP contribution is -2.49. The molecular weight excluding hydrogens is 518 g/mol. The van der Waals surface area contributed by atoms with Crippen LogP contribution >= 0.6 is 0 Å². The lowest BCUT2D eigenvalue weighted by molar-refractivity contribution is -0.122. The average Bonchev–Trinajstić information content (AvgIpc) is 2.89. The normalized spacial score (nSPS) is 15.3. The van der Waals surface area contributed by atoms with Gasteiger partial charge >= 0.3 is 0 Å². The first-order valence-electron chi connectivity index (χ1n) is 11.6. The minimum atomic E-state index is -3.87. The number of nitrogens with one attached hydrogen (secondary N) is 2. The van der Waals surface area contributed by atoms with Gasteiger partial charge in [-0.3, -0.25) is 13.8 Å². The van der Waals surface area contributed by atoms with Gasteiger partial charge in [-0.2, -0.15) is 0 Å². The lowest BCUT2D eigenvalue weighted by atomic mass is 10.2. The summed E-state index contributed by atoms with van der Waals surface area (Å²) in [5, 5.41) is 2.66. The Morgan fingerprint density at radius 3 is 2.24 bits per heavy atom. The molecule has 0 aliphatic carbocycles. The van der Waals surface area contributed by atoms with Crippen molar-refractivity contribution in [1.82, 2.24) is 0 Å². The molecule has 0 saturated heterocycles. The fraction of sp³-hybridized carbons (Fsp3) is 0.240. The Morgan fingerprint density at radius 2 is 1.59 bits per heavy atom. The molecule has 3 aromatic rings. The third-order valence-corrected chi connectivity index (χ3v) is 8.72. The third-order valence-electron chi connectivity index (χ3n) is 5.58. The van der Waals surface area contributed by atoms with Crippen molar-refractivity contribution < 1.29 is 31.1 Å². The number of anilines is 3. The van der Waals surface area contributed by atoms with Crippen LogP contribution in [0.1, 0.15) is 13.8 Å². The topological polar surface area (TPSA) is 131 Å². The predicted octanol–water partition coefficient (Wildman–Crippen LogP) is 3.44. The number of fused-ring (bicyclic) bond motifs is 1. The molecule has 0 saturated carbocycles. The van der Waals surface area contributed by atoms with Crippen molar-refractivity contribution >= 4 is 43.0 Å². The largest absolute Gasteiger partial charge is 0.494 e. The first-order valence-corrected chi connectivity index (χ1v) is 14.6. The van der Waals surface area contributed by atoms with Crippen LogP contribution in [0.15, 0.2) is 77.7 Å². The second kappa shape index (κ2) is 10.7. The first-order chi connectivity index (χ1) is 17.6. The Labute approximate surface area is 216 Å². The van der Waals surface area contributed by atoms with E-state index in [1.165, 1.54) is 35.5 Å². The Balaban J connectivity index is 1.45. The second-order valence-electron chi connectivity index (χ2n) is 8.08. The number of nitrogens with zero attached hydrogens (tertiary/aromatic N) is 1. The van der Waals surface area contributed by atoms with Crippen molar-refractivity contribution in [2.24, 2.45) is 0 Å². The van der Waals surface area contributed by atoms with Gasteiger partial charge in [0.15, 0.2) is 6.10 Å². The van der Waals surface area contributed by atoms with Crippen LogP contribution in [0, 0.1) is 0 Å². The molecule has 1 atom stereocenters. The maximum atomic E-state index is 12.9. The van der Waals surface area contributed by atoms with Crippen LogP contribution in [0.4, 0.5) is 17.1 Å². The molecule has 0 bridgehead atoms. The number of carbonyl (C=O) groups excluding carboxylic acids is 1. The van der Waals surface area contributed by atoms with Crippen LogP contribution in [0.3, 0.4) is 0 Å². The molecule has 0 spiro atoms. The molecule has 3 aromatic carbocycles. The quantitative estimate of drug-likeness (QED) is 0.421. The van der Waals surface area contributed by atoms with E-state index in [9.17, 15) is 21.6 Å². The Morgan fingerprint density at radius 1 is 0.946 bits per heavy atom. The lowest BCUT2D eigenvalue weighted by Gasteiger charge is -2.34. The summed E-state index contributed by atoms with van der Waals surface area (Å²) in [5.74, 6) is 0.226. The van der Waals surface area contributed by atoms with Gasteiger partial charge in [0.2, 0.25) is 10.0 Å². The van der Waals surface area contributed by atoms with E-state index in [-0.39, 0.29) is 22.9 Å². The molecule has 37 heavy (non-hydrogen) atoms. The molecule has 0 radical (unpaired) electrons. The Bertz CT molecular complexity index is 1470. The summed E-state index contributed by atoms with van der Waals surface area (Å²) in [6, 6.07) is 18.7. The molecule has 1 amide bonds. The molecule has 0 fully saturated rings. The molecule has 0 aromatic heterocycles. The summed E-state index contributed by atoms with van der Waals surface area (Å²) in [5.41, 5.74) is 1.09. The zero-order valence-corrected chi connectivity index (χ0v) is 21.9. The van der Waals surface area contributed by atoms with Crippen molar-refractivity contribution in [3.05, 3.63) is 72.8 Å². The molecule has 1 heterocycles. The molecular formula is C25H27N3O7S2. The molecule has 1 unspecified atom stereocenters. The fourth-order valence-corrected chi connectivity index (χ4v) is 5.88. The highest BCUT2D eigenvalue weighted by atomic mass is 32.2. The zero-order valence-electron chi connectivity index (χ0n) is 20.2. The number of amides is 1. The number of rotatable bonds is 9. The fourth-order valence-electron chi connectivity index (χ4n) is 3.70. The number of carbonyl (C=O) groups is 1. The average molecular weight is 546 g/mol. The van der Waals surface area contributed by atoms with E-state index < -0.39 is 32.1 Å². The maximum absolute atomic E-state index is 12.9. The standard InChI is InChI=1S/C25H27N3O7S2/c1-3-34-20-13-9-19(10-14-20)27-37(32,33)21-15-11-18(12-16-21)26-25(29)24-17-28(36(30,31)4-2)22-7-5-6-8-23(22)35-24/h5-16,24,27H,3-4,17H2,1-2H3,(H,26,29). The van der Waals surface area contributed by atoms with Crippen LogP contribution < -0.4 is 23.8 Å². The van der Waals surface area contributed by atoms with Crippen molar-refractivity contribution in [1.29, 1.82) is 0 Å². The number of para-hydroxylation sites is 2. The molecule has 2 N–H and O–H groups in total. The van der Waals surface area contributed by atoms with E-state index >= 15 is 0 Å². The zero-order chi connectivity index (χ0) is 26.6. The summed E-state index contributed by atoms with van der Waals surface area (Å²) >= 11 is 0. The van der Waals surface area contributed by atoms with E-state index in [0.717, 1.165) is 0 Å². The molecule has 4 rings (SSSR count). The van der Waals surface area contributed by atoms with Gasteiger partial charge in [0.25, 0.3) is 15.9 Å². The Kier molecular flexibility index (Phi) is 7.60. The monoisotopic (exact) mass is 545 g/mol. The van der Waals surface area contributed by atoms with Crippen molar-refractivity contribution in [3.8, 4) is 11.5 Å². The SMILES string of the molecule is CCOc1ccc(NS(=O)(=O)c2ccc(NC(=O)C3CN(S(=O)(=O)CC)c4ccccc4O3)cc2)cc1. The number of sulfonamides is 2. The molecule has 10 nitrogen and oxygen atoms in total. The van der Waals surface area contributed by atoms with Gasteiger partial charge < -0.3 is 14.8 Å². The van der Waals surface area contributed by atoms with Gasteiger partial charge in [-0.1, -0.05) is 12.1 Å². The number of ether oxygens (including phenoxy) is 2. The Hall–Kier alpha value is -3.77. The van der Waals surface area contributed by atoms with Crippen LogP contribution in [-0.2, 0) is 24.8 Å². The number of benzene rings is 3. The van der Waals surface area contributed by atoms with Gasteiger partial charge in [0.1, 0.15) is 11.5 Å². The van der Waals surface area contributed by atoms with Crippen molar-refractivity contribution in [3.63, 3.8) is 0 Å². The van der Waals surface area contributed by atoms with Crippen LogP contribution in [-0.4, -0.2) is 47.8 Å². The molecule has 1 aliphatic rings. The van der Waals surface area contributed by atoms with E-state index in [0.29, 0.717) is 29.4 Å². The van der Waals surface area contributed by atoms with E-state index in [4.69, 9.17) is 9.47 Å². The maximum Gasteiger partial charge on any atom is 0.267 e. The summed E-state index contributed by atoms with van der Waals surface area (Å²) in [7, 11) is -7.50. The minimum absolute atomic E-state index is 0.00226. The van der Waals surface area contributed by atoms with Gasteiger partial charge in [-0.25, -0.2) is 16.8 Å². The second-order valence-corrected chi connectivity index (χ2v) is 11.9. The van der Waals surface area contributed by atoms with Gasteiger partial charge in [0.05, 0.1) is 29.5 Å². The van der Waals surface area contributed by atoms with Gasteiger partial charge in [-0.05, 0) is 74.5 Å². The summed E-state index contributed by atoms with van der Waals surface area (Å²) in [4.78, 5) is 12.9. The van der Waals surface area contributed by atoms with Crippen LogP contribution in [0.5, 0.6) is 11.5 Å². The molecule has 196 valence electrons. The van der Waals surface area contributed by atoms with Crippen molar-refractivity contribution in [2.75, 3.05) is 33.2 Å². The summed E-state index contributed by atoms with van der Waals surface area (Å²) in [6.07, 6.45) is -1.10. The van der Waals surface area contributed by atoms with Crippen LogP contribution in [0.2, 0.25) is 0 Å². The smallest absolute Gasteiger partial charge is 0.267 e. The van der Waals surface area contributed by atoms with E-state index in [1.807, 2.05) is 6.92 Å². The highest BCUT2D eigenvalue weighted by Crippen LogP contribution is 2.35. The minimum Gasteiger partial charge on any atom is -0.494 e. The van der Waals surface area contributed by atoms with E-state index in [1.54, 1.807) is 48.5 Å². The highest BCUT2D eigenvalue weighted by Gasteiger charge is 2.36. The van der Waals surface area contributed by atoms with Gasteiger partial charge in [-0.15, -0.1) is 0 Å². The van der Waals surface area contributed by atoms with Crippen LogP contribution in [0.25, 0.3) is 0 Å². The summed E-state index contributed by atoms with van der Waals surface area (Å²) < 4.78 is 65.6. The van der Waals surface area contributed by atoms with Gasteiger partial charge in [0, 0.05) is 11.4 Å². The number of hydrogen-bond donors (Lipinski definition) is 2. The number of hydrogen-bond acceptors (Lipinski definition) is 7. The van der Waals surface area contributed by atoms with Crippen molar-refractivity contribution in [2.45, 2.75) is 24.8 Å². The van der Waals surface area contributed by atoms with E-state index in [2.05, 4.69) is 10.0 Å². The highest BCUT2D eigenvalue weighted by molar-refractivity contribution is 7.93. The third kappa shape index (κ3) is 5.97. The molecule has 1 aliphatic heterocycles. The first kappa shape index (κ1) is 26.3. The predicted molar refractivity (Wildman–Crippen MR) is 141 cm³/mol.